The van der Waals surface area contributed by atoms with Crippen LogP contribution in [-0.4, -0.2) is 8.75 Å². The van der Waals surface area contributed by atoms with Crippen LogP contribution in [0.25, 0.3) is 31.9 Å². The number of nitrogens with zero attached hydrogens (tertiary/aromatic N) is 2. The van der Waals surface area contributed by atoms with Gasteiger partial charge in [0.1, 0.15) is 11.0 Å². The van der Waals surface area contributed by atoms with Gasteiger partial charge in [0.2, 0.25) is 0 Å². The van der Waals surface area contributed by atoms with Crippen LogP contribution in [-0.2, 0) is 12.8 Å². The average Bonchev–Trinajstić information content (AvgIpc) is 3.78. The molecule has 0 spiro atoms. The second kappa shape index (κ2) is 21.6. The van der Waals surface area contributed by atoms with E-state index >= 15 is 0 Å². The lowest BCUT2D eigenvalue weighted by Crippen LogP contribution is -1.99. The van der Waals surface area contributed by atoms with Crippen molar-refractivity contribution in [3.8, 4) is 20.9 Å². The van der Waals surface area contributed by atoms with E-state index in [1.165, 1.54) is 167 Å². The maximum absolute atomic E-state index is 4.82. The van der Waals surface area contributed by atoms with Crippen molar-refractivity contribution in [2.75, 3.05) is 0 Å². The van der Waals surface area contributed by atoms with Gasteiger partial charge in [0.15, 0.2) is 0 Å². The summed E-state index contributed by atoms with van der Waals surface area (Å²) in [7, 11) is 0. The number of rotatable bonds is 24. The molecule has 0 fully saturated rings. The highest BCUT2D eigenvalue weighted by Crippen LogP contribution is 2.44. The normalized spacial score (nSPS) is 13.1. The summed E-state index contributed by atoms with van der Waals surface area (Å²) in [6, 6.07) is 9.37. The van der Waals surface area contributed by atoms with E-state index in [2.05, 4.69) is 83.8 Å². The molecule has 0 aliphatic rings. The van der Waals surface area contributed by atoms with Crippen molar-refractivity contribution < 1.29 is 0 Å². The number of aromatic nitrogens is 2. The Balaban J connectivity index is 1.32. The molecule has 0 aliphatic carbocycles. The van der Waals surface area contributed by atoms with Gasteiger partial charge in [-0.05, 0) is 79.8 Å². The molecule has 0 aliphatic heterocycles. The summed E-state index contributed by atoms with van der Waals surface area (Å²) in [4.78, 5) is 2.58. The second-order valence-electron chi connectivity index (χ2n) is 14.1. The molecule has 2 unspecified atom stereocenters. The number of thiophene rings is 2. The highest BCUT2D eigenvalue weighted by Gasteiger charge is 2.20. The van der Waals surface area contributed by atoms with E-state index in [0.29, 0.717) is 11.8 Å². The zero-order valence-electron chi connectivity index (χ0n) is 29.5. The highest BCUT2D eigenvalue weighted by molar-refractivity contribution is 9.11. The van der Waals surface area contributed by atoms with Crippen LogP contribution in [0.5, 0.6) is 0 Å². The minimum atomic E-state index is 0.701. The van der Waals surface area contributed by atoms with Gasteiger partial charge in [-0.15, -0.1) is 22.7 Å². The quantitative estimate of drug-likeness (QED) is 0.0658. The van der Waals surface area contributed by atoms with E-state index in [0.717, 1.165) is 23.9 Å². The van der Waals surface area contributed by atoms with Gasteiger partial charge < -0.3 is 0 Å². The van der Waals surface area contributed by atoms with Gasteiger partial charge in [-0.1, -0.05) is 155 Å². The van der Waals surface area contributed by atoms with E-state index < -0.39 is 0 Å². The fraction of sp³-hybridized carbons (Fsp3) is 0.650. The number of hydrogen-bond acceptors (Lipinski definition) is 5. The monoisotopic (exact) mass is 820 g/mol. The Hall–Kier alpha value is -0.600. The average molecular weight is 823 g/mol. The van der Waals surface area contributed by atoms with E-state index in [1.54, 1.807) is 0 Å². The first kappa shape index (κ1) is 39.2. The summed E-state index contributed by atoms with van der Waals surface area (Å²) in [6.45, 7) is 9.44. The Morgan fingerprint density at radius 1 is 0.553 bits per heavy atom. The van der Waals surface area contributed by atoms with Gasteiger partial charge in [-0.2, -0.15) is 8.75 Å². The van der Waals surface area contributed by atoms with Crippen LogP contribution in [0.15, 0.2) is 31.8 Å². The number of fused-ring (bicyclic) bond motifs is 1. The SMILES string of the molecule is CCCCCCCCCCC(C)Cc1cc(-c2ccc(-c3cc(CC(C)CCCCCCCCCC)c(Br)s3)c3nsnc23)sc1Br. The molecule has 0 amide bonds. The zero-order valence-corrected chi connectivity index (χ0v) is 35.1. The molecule has 4 aromatic rings. The van der Waals surface area contributed by atoms with Crippen molar-refractivity contribution in [2.24, 2.45) is 11.8 Å². The smallest absolute Gasteiger partial charge is 0.114 e. The highest BCUT2D eigenvalue weighted by atomic mass is 79.9. The minimum absolute atomic E-state index is 0.701. The number of hydrogen-bond donors (Lipinski definition) is 0. The Morgan fingerprint density at radius 3 is 1.30 bits per heavy atom. The van der Waals surface area contributed by atoms with Crippen LogP contribution in [0, 0.1) is 11.8 Å². The van der Waals surface area contributed by atoms with Crippen molar-refractivity contribution in [1.82, 2.24) is 8.75 Å². The van der Waals surface area contributed by atoms with Crippen LogP contribution in [0.1, 0.15) is 154 Å². The molecule has 3 aromatic heterocycles. The second-order valence-corrected chi connectivity index (χ2v) is 19.4. The molecule has 7 heteroatoms. The number of unbranched alkanes of at least 4 members (excludes halogenated alkanes) is 14. The van der Waals surface area contributed by atoms with Gasteiger partial charge in [-0.3, -0.25) is 0 Å². The Bertz CT molecular complexity index is 1350. The van der Waals surface area contributed by atoms with Crippen LogP contribution in [0.2, 0.25) is 0 Å². The molecule has 0 saturated heterocycles. The standard InChI is InChI=1S/C40H58Br2N2S3/c1-5-7-9-11-13-15-17-19-21-29(3)25-31-27-35(45-39(31)41)33-23-24-34(38-37(33)43-47-44-38)36-28-32(40(42)46-36)26-30(4)22-20-18-16-14-12-10-8-6-2/h23-24,27-30H,5-22,25-26H2,1-4H3. The fourth-order valence-corrected chi connectivity index (χ4v) is 10.9. The summed E-state index contributed by atoms with van der Waals surface area (Å²) in [5, 5.41) is 0. The van der Waals surface area contributed by atoms with Crippen molar-refractivity contribution >= 4 is 77.3 Å². The van der Waals surface area contributed by atoms with Crippen LogP contribution >= 0.6 is 66.3 Å². The fourth-order valence-electron chi connectivity index (χ4n) is 6.83. The van der Waals surface area contributed by atoms with Gasteiger partial charge in [-0.25, -0.2) is 0 Å². The first-order valence-corrected chi connectivity index (χ1v) is 22.7. The molecule has 2 nitrogen and oxygen atoms in total. The number of halogens is 2. The van der Waals surface area contributed by atoms with Crippen molar-refractivity contribution in [3.05, 3.63) is 43.0 Å². The largest absolute Gasteiger partial charge is 0.172 e. The van der Waals surface area contributed by atoms with Crippen molar-refractivity contribution in [1.29, 1.82) is 0 Å². The first-order valence-electron chi connectivity index (χ1n) is 18.7. The van der Waals surface area contributed by atoms with Crippen LogP contribution in [0.3, 0.4) is 0 Å². The molecule has 0 N–H and O–H groups in total. The summed E-state index contributed by atoms with van der Waals surface area (Å²) in [5.41, 5.74) is 7.36. The molecule has 3 heterocycles. The van der Waals surface area contributed by atoms with E-state index in [4.69, 9.17) is 8.75 Å². The molecule has 0 bridgehead atoms. The van der Waals surface area contributed by atoms with Crippen LogP contribution in [0.4, 0.5) is 0 Å². The number of benzene rings is 1. The third kappa shape index (κ3) is 12.6. The van der Waals surface area contributed by atoms with E-state index in [1.807, 2.05) is 22.7 Å². The van der Waals surface area contributed by atoms with Gasteiger partial charge in [0.05, 0.1) is 19.3 Å². The van der Waals surface area contributed by atoms with Crippen molar-refractivity contribution in [3.63, 3.8) is 0 Å². The molecule has 47 heavy (non-hydrogen) atoms. The van der Waals surface area contributed by atoms with E-state index in [-0.39, 0.29) is 0 Å². The van der Waals surface area contributed by atoms with Crippen molar-refractivity contribution in [2.45, 2.75) is 156 Å². The zero-order chi connectivity index (χ0) is 33.4. The lowest BCUT2D eigenvalue weighted by atomic mass is 9.95. The third-order valence-corrected chi connectivity index (χ3v) is 14.2. The lowest BCUT2D eigenvalue weighted by molar-refractivity contribution is 0.478. The van der Waals surface area contributed by atoms with Gasteiger partial charge >= 0.3 is 0 Å². The summed E-state index contributed by atoms with van der Waals surface area (Å²) in [5.74, 6) is 1.40. The molecular formula is C40H58Br2N2S3. The summed E-state index contributed by atoms with van der Waals surface area (Å²) in [6.07, 6.45) is 27.1. The third-order valence-electron chi connectivity index (χ3n) is 9.70. The molecular weight excluding hydrogens is 764 g/mol. The topological polar surface area (TPSA) is 25.8 Å². The molecule has 1 aromatic carbocycles. The van der Waals surface area contributed by atoms with Crippen LogP contribution < -0.4 is 0 Å². The predicted molar refractivity (Wildman–Crippen MR) is 220 cm³/mol. The Morgan fingerprint density at radius 2 is 0.915 bits per heavy atom. The van der Waals surface area contributed by atoms with E-state index in [9.17, 15) is 0 Å². The maximum atomic E-state index is 4.82. The Labute approximate surface area is 315 Å². The molecule has 0 radical (unpaired) electrons. The summed E-state index contributed by atoms with van der Waals surface area (Å²) >= 11 is 12.9. The van der Waals surface area contributed by atoms with Gasteiger partial charge in [0, 0.05) is 20.9 Å². The lowest BCUT2D eigenvalue weighted by Gasteiger charge is -2.11. The first-order chi connectivity index (χ1) is 22.9. The molecule has 260 valence electrons. The molecule has 0 saturated carbocycles. The molecule has 4 rings (SSSR count). The summed E-state index contributed by atoms with van der Waals surface area (Å²) < 4.78 is 12.2. The predicted octanol–water partition coefficient (Wildman–Crippen LogP) is 16.1. The maximum Gasteiger partial charge on any atom is 0.114 e. The Kier molecular flexibility index (Phi) is 18.0. The molecule has 2 atom stereocenters. The van der Waals surface area contributed by atoms with Gasteiger partial charge in [0.25, 0.3) is 0 Å². The minimum Gasteiger partial charge on any atom is -0.172 e.